The molecular weight excluding hydrogens is 316 g/mol. The molecule has 6 nitrogen and oxygen atoms in total. The zero-order valence-corrected chi connectivity index (χ0v) is 15.1. The van der Waals surface area contributed by atoms with Gasteiger partial charge in [0.05, 0.1) is 26.6 Å². The molecule has 0 aliphatic carbocycles. The van der Waals surface area contributed by atoms with Crippen LogP contribution in [0.1, 0.15) is 11.1 Å². The molecule has 0 atom stereocenters. The first-order chi connectivity index (χ1) is 12.1. The number of hydrogen-bond donors (Lipinski definition) is 0. The molecule has 0 spiro atoms. The number of hydrogen-bond acceptors (Lipinski definition) is 6. The van der Waals surface area contributed by atoms with Crippen LogP contribution in [0.25, 0.3) is 0 Å². The zero-order chi connectivity index (χ0) is 18.1. The molecule has 0 radical (unpaired) electrons. The van der Waals surface area contributed by atoms with Crippen LogP contribution < -0.4 is 9.47 Å². The second kappa shape index (κ2) is 9.32. The number of methoxy groups -OCH3 is 2. The summed E-state index contributed by atoms with van der Waals surface area (Å²) >= 11 is 0. The summed E-state index contributed by atoms with van der Waals surface area (Å²) in [6.45, 7) is 0.569. The molecule has 25 heavy (non-hydrogen) atoms. The summed E-state index contributed by atoms with van der Waals surface area (Å²) in [6.07, 6.45) is 3.61. The summed E-state index contributed by atoms with van der Waals surface area (Å²) in [7, 11) is 7.11. The average molecular weight is 340 g/mol. The van der Waals surface area contributed by atoms with Crippen LogP contribution in [0, 0.1) is 0 Å². The predicted octanol–water partition coefficient (Wildman–Crippen LogP) is 2.89. The molecule has 2 rings (SSSR count). The monoisotopic (exact) mass is 340 g/mol. The minimum Gasteiger partial charge on any atom is -0.497 e. The predicted molar refractivity (Wildman–Crippen MR) is 102 cm³/mol. The van der Waals surface area contributed by atoms with Gasteiger partial charge in [-0.3, -0.25) is 10.0 Å². The van der Waals surface area contributed by atoms with Crippen LogP contribution in [-0.2, 0) is 0 Å². The molecule has 0 saturated heterocycles. The van der Waals surface area contributed by atoms with Crippen molar-refractivity contribution >= 4 is 12.4 Å². The first kappa shape index (κ1) is 18.3. The van der Waals surface area contributed by atoms with Gasteiger partial charge in [0, 0.05) is 14.1 Å². The first-order valence-electron chi connectivity index (χ1n) is 7.89. The van der Waals surface area contributed by atoms with Gasteiger partial charge in [-0.25, -0.2) is 0 Å². The number of ether oxygens (including phenoxy) is 2. The van der Waals surface area contributed by atoms with Crippen molar-refractivity contribution in [2.24, 2.45) is 10.2 Å². The second-order valence-electron chi connectivity index (χ2n) is 5.49. The lowest BCUT2D eigenvalue weighted by Crippen LogP contribution is -2.26. The van der Waals surface area contributed by atoms with Gasteiger partial charge in [0.15, 0.2) is 0 Å². The molecule has 132 valence electrons. The Morgan fingerprint density at radius 1 is 0.720 bits per heavy atom. The molecule has 0 bridgehead atoms. The molecule has 2 aromatic carbocycles. The van der Waals surface area contributed by atoms with Crippen LogP contribution in [0.15, 0.2) is 58.7 Å². The Kier molecular flexibility index (Phi) is 6.83. The summed E-state index contributed by atoms with van der Waals surface area (Å²) in [5, 5.41) is 12.4. The third-order valence-corrected chi connectivity index (χ3v) is 3.45. The first-order valence-corrected chi connectivity index (χ1v) is 7.89. The zero-order valence-electron chi connectivity index (χ0n) is 15.1. The van der Waals surface area contributed by atoms with E-state index >= 15 is 0 Å². The van der Waals surface area contributed by atoms with E-state index in [-0.39, 0.29) is 0 Å². The normalized spacial score (nSPS) is 11.0. The van der Waals surface area contributed by atoms with Crippen molar-refractivity contribution in [3.05, 3.63) is 59.7 Å². The largest absolute Gasteiger partial charge is 0.497 e. The molecule has 0 N–H and O–H groups in total. The Morgan fingerprint density at radius 2 is 1.08 bits per heavy atom. The maximum atomic E-state index is 5.14. The maximum absolute atomic E-state index is 5.14. The number of rotatable bonds is 8. The van der Waals surface area contributed by atoms with E-state index in [9.17, 15) is 0 Å². The van der Waals surface area contributed by atoms with Gasteiger partial charge in [-0.05, 0) is 59.7 Å². The molecule has 0 aliphatic rings. The minimum absolute atomic E-state index is 0.569. The Bertz CT molecular complexity index is 635. The molecule has 0 unspecified atom stereocenters. The van der Waals surface area contributed by atoms with E-state index < -0.39 is 0 Å². The van der Waals surface area contributed by atoms with Gasteiger partial charge in [0.2, 0.25) is 0 Å². The number of nitrogens with zero attached hydrogens (tertiary/aromatic N) is 4. The van der Waals surface area contributed by atoms with Crippen molar-refractivity contribution in [1.82, 2.24) is 10.0 Å². The molecule has 0 aliphatic heterocycles. The fourth-order valence-corrected chi connectivity index (χ4v) is 2.08. The Balaban J connectivity index is 1.84. The van der Waals surface area contributed by atoms with Crippen LogP contribution in [0.4, 0.5) is 0 Å². The summed E-state index contributed by atoms with van der Waals surface area (Å²) in [4.78, 5) is 0. The molecule has 0 saturated carbocycles. The van der Waals surface area contributed by atoms with Gasteiger partial charge < -0.3 is 9.47 Å². The SMILES string of the molecule is COc1ccc(/C=N\N(C)CN(C)/N=C\c2ccc(OC)cc2)cc1. The topological polar surface area (TPSA) is 49.7 Å². The van der Waals surface area contributed by atoms with Gasteiger partial charge in [-0.15, -0.1) is 0 Å². The molecule has 0 amide bonds. The summed E-state index contributed by atoms with van der Waals surface area (Å²) in [6, 6.07) is 15.5. The standard InChI is InChI=1S/C19H24N4O2/c1-22(20-13-16-5-9-18(24-3)10-6-16)15-23(2)21-14-17-7-11-19(25-4)12-8-17/h5-14H,15H2,1-4H3/b20-13-,21-14-. The molecule has 2 aromatic rings. The van der Waals surface area contributed by atoms with Crippen molar-refractivity contribution < 1.29 is 9.47 Å². The quantitative estimate of drug-likeness (QED) is 0.421. The van der Waals surface area contributed by atoms with E-state index in [2.05, 4.69) is 10.2 Å². The summed E-state index contributed by atoms with van der Waals surface area (Å²) in [5.74, 6) is 1.66. The smallest absolute Gasteiger partial charge is 0.122 e. The van der Waals surface area contributed by atoms with Crippen molar-refractivity contribution in [1.29, 1.82) is 0 Å². The number of hydrazone groups is 2. The lowest BCUT2D eigenvalue weighted by Gasteiger charge is -2.19. The lowest BCUT2D eigenvalue weighted by molar-refractivity contribution is 0.196. The Labute approximate surface area is 149 Å². The third-order valence-electron chi connectivity index (χ3n) is 3.45. The van der Waals surface area contributed by atoms with Gasteiger partial charge in [0.1, 0.15) is 18.2 Å². The molecule has 6 heteroatoms. The molecule has 0 aromatic heterocycles. The van der Waals surface area contributed by atoms with Gasteiger partial charge in [-0.1, -0.05) is 0 Å². The van der Waals surface area contributed by atoms with E-state index in [1.807, 2.05) is 72.6 Å². The van der Waals surface area contributed by atoms with Crippen molar-refractivity contribution in [3.63, 3.8) is 0 Å². The van der Waals surface area contributed by atoms with E-state index in [1.165, 1.54) is 0 Å². The van der Waals surface area contributed by atoms with E-state index in [4.69, 9.17) is 9.47 Å². The maximum Gasteiger partial charge on any atom is 0.122 e. The van der Waals surface area contributed by atoms with E-state index in [0.29, 0.717) is 6.67 Å². The molecule has 0 heterocycles. The van der Waals surface area contributed by atoms with Crippen LogP contribution >= 0.6 is 0 Å². The van der Waals surface area contributed by atoms with E-state index in [1.54, 1.807) is 26.6 Å². The summed E-state index contributed by atoms with van der Waals surface area (Å²) < 4.78 is 10.3. The van der Waals surface area contributed by atoms with Crippen molar-refractivity contribution in [2.75, 3.05) is 35.0 Å². The van der Waals surface area contributed by atoms with Crippen LogP contribution in [0.5, 0.6) is 11.5 Å². The van der Waals surface area contributed by atoms with Crippen molar-refractivity contribution in [2.45, 2.75) is 0 Å². The Morgan fingerprint density at radius 3 is 1.40 bits per heavy atom. The highest BCUT2D eigenvalue weighted by molar-refractivity contribution is 5.80. The van der Waals surface area contributed by atoms with Gasteiger partial charge in [-0.2, -0.15) is 10.2 Å². The second-order valence-corrected chi connectivity index (χ2v) is 5.49. The minimum atomic E-state index is 0.569. The lowest BCUT2D eigenvalue weighted by atomic mass is 10.2. The van der Waals surface area contributed by atoms with Gasteiger partial charge >= 0.3 is 0 Å². The van der Waals surface area contributed by atoms with Crippen LogP contribution in [0.3, 0.4) is 0 Å². The fraction of sp³-hybridized carbons (Fsp3) is 0.263. The van der Waals surface area contributed by atoms with Crippen LogP contribution in [0.2, 0.25) is 0 Å². The Hall–Kier alpha value is -3.02. The fourth-order valence-electron chi connectivity index (χ4n) is 2.08. The highest BCUT2D eigenvalue weighted by Crippen LogP contribution is 2.10. The molecule has 0 fully saturated rings. The van der Waals surface area contributed by atoms with Crippen LogP contribution in [-0.4, -0.2) is 57.4 Å². The summed E-state index contributed by atoms with van der Waals surface area (Å²) in [5.41, 5.74) is 2.02. The highest BCUT2D eigenvalue weighted by atomic mass is 16.5. The average Bonchev–Trinajstić information content (AvgIpc) is 2.65. The third kappa shape index (κ3) is 6.18. The molecular formula is C19H24N4O2. The number of benzene rings is 2. The van der Waals surface area contributed by atoms with Crippen molar-refractivity contribution in [3.8, 4) is 11.5 Å². The highest BCUT2D eigenvalue weighted by Gasteiger charge is 1.98. The van der Waals surface area contributed by atoms with E-state index in [0.717, 1.165) is 22.6 Å². The van der Waals surface area contributed by atoms with Gasteiger partial charge in [0.25, 0.3) is 0 Å².